The maximum absolute atomic E-state index is 12.1. The lowest BCUT2D eigenvalue weighted by Crippen LogP contribution is -2.17. The Bertz CT molecular complexity index is 801. The SMILES string of the molecule is [B]c1c(C(=O)OCC)[nH]c(C=N)c1-c1ccc(OC)c(OC)c1OC. The highest BCUT2D eigenvalue weighted by molar-refractivity contribution is 6.40. The van der Waals surface area contributed by atoms with E-state index in [1.54, 1.807) is 19.1 Å². The topological polar surface area (TPSA) is 93.6 Å². The van der Waals surface area contributed by atoms with Crippen molar-refractivity contribution in [3.8, 4) is 28.4 Å². The van der Waals surface area contributed by atoms with Gasteiger partial charge in [0.25, 0.3) is 0 Å². The van der Waals surface area contributed by atoms with Crippen LogP contribution in [-0.4, -0.2) is 53.0 Å². The van der Waals surface area contributed by atoms with Crippen molar-refractivity contribution in [2.24, 2.45) is 0 Å². The first-order valence-corrected chi connectivity index (χ1v) is 7.52. The summed E-state index contributed by atoms with van der Waals surface area (Å²) in [7, 11) is 10.7. The highest BCUT2D eigenvalue weighted by Crippen LogP contribution is 2.44. The van der Waals surface area contributed by atoms with Crippen LogP contribution in [0.1, 0.15) is 23.1 Å². The second-order valence-electron chi connectivity index (χ2n) is 4.95. The number of carbonyl (C=O) groups is 1. The van der Waals surface area contributed by atoms with Crippen LogP contribution in [0.15, 0.2) is 12.1 Å². The van der Waals surface area contributed by atoms with Gasteiger partial charge in [-0.15, -0.1) is 0 Å². The number of ether oxygens (including phenoxy) is 4. The van der Waals surface area contributed by atoms with Crippen LogP contribution in [0.5, 0.6) is 17.2 Å². The van der Waals surface area contributed by atoms with Crippen molar-refractivity contribution in [3.05, 3.63) is 23.5 Å². The van der Waals surface area contributed by atoms with Gasteiger partial charge in [0.2, 0.25) is 5.75 Å². The molecule has 0 aliphatic rings. The summed E-state index contributed by atoms with van der Waals surface area (Å²) in [6.07, 6.45) is 1.07. The predicted octanol–water partition coefficient (Wildman–Crippen LogP) is 1.68. The van der Waals surface area contributed by atoms with Crippen molar-refractivity contribution in [1.82, 2.24) is 4.98 Å². The van der Waals surface area contributed by atoms with Gasteiger partial charge in [0.15, 0.2) is 11.5 Å². The van der Waals surface area contributed by atoms with Crippen LogP contribution < -0.4 is 19.7 Å². The maximum atomic E-state index is 12.1. The fourth-order valence-corrected chi connectivity index (χ4v) is 2.60. The fourth-order valence-electron chi connectivity index (χ4n) is 2.60. The van der Waals surface area contributed by atoms with Gasteiger partial charge in [-0.1, -0.05) is 5.46 Å². The molecule has 7 nitrogen and oxygen atoms in total. The van der Waals surface area contributed by atoms with Gasteiger partial charge in [-0.05, 0) is 19.1 Å². The number of aromatic amines is 1. The summed E-state index contributed by atoms with van der Waals surface area (Å²) in [5, 5.41) is 7.63. The minimum absolute atomic E-state index is 0.0900. The number of aromatic nitrogens is 1. The molecule has 2 aromatic rings. The van der Waals surface area contributed by atoms with Gasteiger partial charge in [-0.2, -0.15) is 0 Å². The summed E-state index contributed by atoms with van der Waals surface area (Å²) in [6, 6.07) is 3.42. The molecule has 0 amide bonds. The van der Waals surface area contributed by atoms with Gasteiger partial charge in [0, 0.05) is 17.3 Å². The first-order valence-electron chi connectivity index (χ1n) is 7.52. The van der Waals surface area contributed by atoms with Gasteiger partial charge in [0.1, 0.15) is 13.5 Å². The van der Waals surface area contributed by atoms with Gasteiger partial charge < -0.3 is 29.3 Å². The molecular weight excluding hydrogens is 323 g/mol. The molecule has 2 radical (unpaired) electrons. The van der Waals surface area contributed by atoms with E-state index in [2.05, 4.69) is 4.98 Å². The van der Waals surface area contributed by atoms with Crippen molar-refractivity contribution in [1.29, 1.82) is 5.41 Å². The van der Waals surface area contributed by atoms with E-state index in [-0.39, 0.29) is 17.8 Å². The van der Waals surface area contributed by atoms with Crippen LogP contribution in [0, 0.1) is 5.41 Å². The van der Waals surface area contributed by atoms with E-state index in [0.717, 1.165) is 6.21 Å². The van der Waals surface area contributed by atoms with E-state index in [0.29, 0.717) is 34.1 Å². The number of hydrogen-bond acceptors (Lipinski definition) is 6. The molecule has 25 heavy (non-hydrogen) atoms. The zero-order chi connectivity index (χ0) is 18.6. The third kappa shape index (κ3) is 3.19. The van der Waals surface area contributed by atoms with E-state index in [1.165, 1.54) is 21.3 Å². The van der Waals surface area contributed by atoms with Gasteiger partial charge in [0.05, 0.1) is 33.6 Å². The van der Waals surface area contributed by atoms with Crippen LogP contribution >= 0.6 is 0 Å². The Morgan fingerprint density at radius 3 is 2.40 bits per heavy atom. The van der Waals surface area contributed by atoms with Crippen LogP contribution in [-0.2, 0) is 4.74 Å². The quantitative estimate of drug-likeness (QED) is 0.454. The van der Waals surface area contributed by atoms with Gasteiger partial charge >= 0.3 is 5.97 Å². The number of hydrogen-bond donors (Lipinski definition) is 2. The first-order chi connectivity index (χ1) is 12.0. The lowest BCUT2D eigenvalue weighted by Gasteiger charge is -2.16. The molecule has 0 unspecified atom stereocenters. The van der Waals surface area contributed by atoms with Crippen molar-refractivity contribution in [2.75, 3.05) is 27.9 Å². The molecule has 8 heteroatoms. The zero-order valence-electron chi connectivity index (χ0n) is 14.6. The molecule has 0 aliphatic heterocycles. The fraction of sp³-hybridized carbons (Fsp3) is 0.294. The van der Waals surface area contributed by atoms with Crippen molar-refractivity contribution in [2.45, 2.75) is 6.92 Å². The minimum Gasteiger partial charge on any atom is -0.493 e. The van der Waals surface area contributed by atoms with E-state index in [1.807, 2.05) is 0 Å². The largest absolute Gasteiger partial charge is 0.493 e. The van der Waals surface area contributed by atoms with Gasteiger partial charge in [-0.25, -0.2) is 4.79 Å². The molecule has 0 spiro atoms. The van der Waals surface area contributed by atoms with Crippen molar-refractivity contribution in [3.63, 3.8) is 0 Å². The average molecular weight is 342 g/mol. The molecule has 0 fully saturated rings. The molecule has 2 N–H and O–H groups in total. The van der Waals surface area contributed by atoms with Crippen LogP contribution in [0.2, 0.25) is 0 Å². The Labute approximate surface area is 147 Å². The standard InChI is InChI=1S/C17H19BN2O5/c1-5-25-17(21)14-13(18)12(10(8-19)20-14)9-6-7-11(22-2)16(24-4)15(9)23-3/h6-8,19-20H,5H2,1-4H3. The van der Waals surface area contributed by atoms with E-state index in [4.69, 9.17) is 32.2 Å². The molecule has 0 bridgehead atoms. The molecule has 0 saturated carbocycles. The lowest BCUT2D eigenvalue weighted by molar-refractivity contribution is 0.0522. The molecule has 1 heterocycles. The molecule has 0 aliphatic carbocycles. The highest BCUT2D eigenvalue weighted by atomic mass is 16.5. The molecule has 0 atom stereocenters. The van der Waals surface area contributed by atoms with E-state index < -0.39 is 5.97 Å². The van der Waals surface area contributed by atoms with E-state index >= 15 is 0 Å². The number of rotatable bonds is 7. The zero-order valence-corrected chi connectivity index (χ0v) is 14.6. The third-order valence-electron chi connectivity index (χ3n) is 3.67. The summed E-state index contributed by atoms with van der Waals surface area (Å²) < 4.78 is 21.1. The molecule has 1 aromatic heterocycles. The Kier molecular flexibility index (Phi) is 5.74. The molecule has 2 rings (SSSR count). The molecule has 0 saturated heterocycles. The second kappa shape index (κ2) is 7.78. The predicted molar refractivity (Wildman–Crippen MR) is 95.1 cm³/mol. The monoisotopic (exact) mass is 342 g/mol. The summed E-state index contributed by atoms with van der Waals surface area (Å²) >= 11 is 0. The minimum atomic E-state index is -0.589. The smallest absolute Gasteiger partial charge is 0.354 e. The van der Waals surface area contributed by atoms with Crippen molar-refractivity contribution >= 4 is 25.5 Å². The second-order valence-corrected chi connectivity index (χ2v) is 4.95. The number of esters is 1. The molecular formula is C17H19BN2O5. The maximum Gasteiger partial charge on any atom is 0.354 e. The van der Waals surface area contributed by atoms with Crippen LogP contribution in [0.25, 0.3) is 11.1 Å². The summed E-state index contributed by atoms with van der Waals surface area (Å²) in [4.78, 5) is 14.9. The van der Waals surface area contributed by atoms with Gasteiger partial charge in [-0.3, -0.25) is 0 Å². The third-order valence-corrected chi connectivity index (χ3v) is 3.67. The number of nitrogens with one attached hydrogen (secondary N) is 2. The number of methoxy groups -OCH3 is 3. The Morgan fingerprint density at radius 2 is 1.88 bits per heavy atom. The Balaban J connectivity index is 2.74. The Morgan fingerprint density at radius 1 is 1.20 bits per heavy atom. The number of benzene rings is 1. The highest BCUT2D eigenvalue weighted by Gasteiger charge is 2.24. The normalized spacial score (nSPS) is 10.2. The number of H-pyrrole nitrogens is 1. The van der Waals surface area contributed by atoms with E-state index in [9.17, 15) is 4.79 Å². The molecule has 130 valence electrons. The summed E-state index contributed by atoms with van der Waals surface area (Å²) in [6.45, 7) is 1.92. The number of carbonyl (C=O) groups excluding carboxylic acids is 1. The van der Waals surface area contributed by atoms with Crippen LogP contribution in [0.4, 0.5) is 0 Å². The lowest BCUT2D eigenvalue weighted by atomic mass is 9.86. The van der Waals surface area contributed by atoms with Crippen LogP contribution in [0.3, 0.4) is 0 Å². The Hall–Kier alpha value is -2.90. The average Bonchev–Trinajstić information content (AvgIpc) is 2.96. The first kappa shape index (κ1) is 18.4. The molecule has 1 aromatic carbocycles. The summed E-state index contributed by atoms with van der Waals surface area (Å²) in [5.74, 6) is 0.663. The summed E-state index contributed by atoms with van der Waals surface area (Å²) in [5.41, 5.74) is 1.62. The van der Waals surface area contributed by atoms with Crippen molar-refractivity contribution < 1.29 is 23.7 Å².